The molecular formula is C21H37IN6O. The molecule has 164 valence electrons. The summed E-state index contributed by atoms with van der Waals surface area (Å²) in [5, 5.41) is 3.57. The number of hydrogen-bond donors (Lipinski definition) is 1. The van der Waals surface area contributed by atoms with Crippen molar-refractivity contribution in [1.29, 1.82) is 0 Å². The molecule has 2 saturated heterocycles. The van der Waals surface area contributed by atoms with E-state index in [0.717, 1.165) is 57.5 Å². The van der Waals surface area contributed by atoms with Gasteiger partial charge in [0.25, 0.3) is 0 Å². The number of para-hydroxylation sites is 2. The topological polar surface area (TPSA) is 46.6 Å². The van der Waals surface area contributed by atoms with Gasteiger partial charge < -0.3 is 29.7 Å². The molecule has 2 aliphatic rings. The van der Waals surface area contributed by atoms with Crippen molar-refractivity contribution in [2.45, 2.75) is 6.42 Å². The Hall–Kier alpha value is -1.26. The average Bonchev–Trinajstić information content (AvgIpc) is 2.95. The molecule has 0 spiro atoms. The van der Waals surface area contributed by atoms with Gasteiger partial charge in [0.2, 0.25) is 0 Å². The van der Waals surface area contributed by atoms with E-state index in [2.05, 4.69) is 49.1 Å². The molecule has 2 aliphatic heterocycles. The number of aliphatic imine (C=N–C) groups is 1. The first-order valence-corrected chi connectivity index (χ1v) is 10.5. The Labute approximate surface area is 193 Å². The molecule has 0 radical (unpaired) electrons. The van der Waals surface area contributed by atoms with Crippen LogP contribution in [0.3, 0.4) is 0 Å². The molecule has 2 fully saturated rings. The summed E-state index contributed by atoms with van der Waals surface area (Å²) in [6.07, 6.45) is 1.26. The second-order valence-corrected chi connectivity index (χ2v) is 7.62. The van der Waals surface area contributed by atoms with E-state index >= 15 is 0 Å². The zero-order valence-corrected chi connectivity index (χ0v) is 20.5. The number of likely N-dealkylation sites (N-methyl/N-ethyl adjacent to an activating group) is 1. The number of methoxy groups -OCH3 is 1. The van der Waals surface area contributed by atoms with Crippen molar-refractivity contribution in [3.63, 3.8) is 0 Å². The molecular weight excluding hydrogens is 479 g/mol. The van der Waals surface area contributed by atoms with Crippen LogP contribution in [0.4, 0.5) is 5.69 Å². The second kappa shape index (κ2) is 12.4. The van der Waals surface area contributed by atoms with Crippen molar-refractivity contribution in [3.05, 3.63) is 24.3 Å². The highest BCUT2D eigenvalue weighted by atomic mass is 127. The van der Waals surface area contributed by atoms with Gasteiger partial charge in [0.05, 0.1) is 12.8 Å². The minimum Gasteiger partial charge on any atom is -0.495 e. The predicted molar refractivity (Wildman–Crippen MR) is 132 cm³/mol. The van der Waals surface area contributed by atoms with Gasteiger partial charge in [-0.15, -0.1) is 24.0 Å². The van der Waals surface area contributed by atoms with Crippen LogP contribution in [-0.2, 0) is 0 Å². The van der Waals surface area contributed by atoms with Crippen molar-refractivity contribution >= 4 is 35.6 Å². The van der Waals surface area contributed by atoms with Gasteiger partial charge in [0.15, 0.2) is 5.96 Å². The third kappa shape index (κ3) is 6.89. The van der Waals surface area contributed by atoms with Crippen molar-refractivity contribution in [2.24, 2.45) is 4.99 Å². The zero-order valence-electron chi connectivity index (χ0n) is 18.1. The van der Waals surface area contributed by atoms with E-state index in [1.165, 1.54) is 31.7 Å². The molecule has 3 rings (SSSR count). The molecule has 1 N–H and O–H groups in total. The number of nitrogens with zero attached hydrogens (tertiary/aromatic N) is 5. The lowest BCUT2D eigenvalue weighted by molar-refractivity contribution is 0.277. The second-order valence-electron chi connectivity index (χ2n) is 7.62. The van der Waals surface area contributed by atoms with Gasteiger partial charge in [-0.05, 0) is 38.7 Å². The highest BCUT2D eigenvalue weighted by molar-refractivity contribution is 14.0. The SMILES string of the molecule is CN=C(NCCN1CCCN(C)CC1)N1CCN(c2ccccc2OC)CC1.I. The molecule has 0 aliphatic carbocycles. The van der Waals surface area contributed by atoms with Crippen LogP contribution in [0.15, 0.2) is 29.3 Å². The van der Waals surface area contributed by atoms with Crippen LogP contribution in [-0.4, -0.2) is 107 Å². The van der Waals surface area contributed by atoms with Crippen molar-refractivity contribution in [2.75, 3.05) is 91.6 Å². The summed E-state index contributed by atoms with van der Waals surface area (Å²) in [5.74, 6) is 1.97. The fraction of sp³-hybridized carbons (Fsp3) is 0.667. The first-order valence-electron chi connectivity index (χ1n) is 10.5. The van der Waals surface area contributed by atoms with Crippen LogP contribution >= 0.6 is 24.0 Å². The van der Waals surface area contributed by atoms with E-state index in [1.807, 2.05) is 19.2 Å². The highest BCUT2D eigenvalue weighted by Gasteiger charge is 2.21. The number of ether oxygens (including phenoxy) is 1. The van der Waals surface area contributed by atoms with E-state index < -0.39 is 0 Å². The maximum absolute atomic E-state index is 5.52. The van der Waals surface area contributed by atoms with Gasteiger partial charge in [0.1, 0.15) is 5.75 Å². The van der Waals surface area contributed by atoms with Gasteiger partial charge in [0, 0.05) is 59.4 Å². The quantitative estimate of drug-likeness (QED) is 0.365. The third-order valence-corrected chi connectivity index (χ3v) is 5.74. The molecule has 0 unspecified atom stereocenters. The first kappa shape index (κ1) is 24.0. The van der Waals surface area contributed by atoms with E-state index in [-0.39, 0.29) is 24.0 Å². The van der Waals surface area contributed by atoms with E-state index in [0.29, 0.717) is 0 Å². The summed E-state index contributed by atoms with van der Waals surface area (Å²) in [4.78, 5) is 14.3. The molecule has 1 aromatic rings. The fourth-order valence-electron chi connectivity index (χ4n) is 4.03. The van der Waals surface area contributed by atoms with Crippen molar-refractivity contribution in [3.8, 4) is 5.75 Å². The number of halogens is 1. The number of anilines is 1. The van der Waals surface area contributed by atoms with Crippen LogP contribution in [0.1, 0.15) is 6.42 Å². The van der Waals surface area contributed by atoms with E-state index in [9.17, 15) is 0 Å². The molecule has 0 bridgehead atoms. The van der Waals surface area contributed by atoms with Gasteiger partial charge >= 0.3 is 0 Å². The lowest BCUT2D eigenvalue weighted by atomic mass is 10.2. The standard InChI is InChI=1S/C21H36N6O.HI/c1-22-21(23-9-12-25-11-6-10-24(2)13-14-25)27-17-15-26(16-18-27)19-7-4-5-8-20(19)28-3;/h4-5,7-8H,6,9-18H2,1-3H3,(H,22,23);1H. The fourth-order valence-corrected chi connectivity index (χ4v) is 4.03. The molecule has 0 atom stereocenters. The van der Waals surface area contributed by atoms with E-state index in [1.54, 1.807) is 7.11 Å². The summed E-state index contributed by atoms with van der Waals surface area (Å²) in [6, 6.07) is 8.26. The summed E-state index contributed by atoms with van der Waals surface area (Å²) >= 11 is 0. The number of guanidine groups is 1. The minimum absolute atomic E-state index is 0. The predicted octanol–water partition coefficient (Wildman–Crippen LogP) is 1.65. The van der Waals surface area contributed by atoms with Crippen LogP contribution in [0.2, 0.25) is 0 Å². The van der Waals surface area contributed by atoms with E-state index in [4.69, 9.17) is 4.74 Å². The number of benzene rings is 1. The zero-order chi connectivity index (χ0) is 19.8. The van der Waals surface area contributed by atoms with Crippen LogP contribution < -0.4 is 15.0 Å². The monoisotopic (exact) mass is 516 g/mol. The lowest BCUT2D eigenvalue weighted by Gasteiger charge is -2.38. The van der Waals surface area contributed by atoms with Gasteiger partial charge in [-0.1, -0.05) is 12.1 Å². The number of nitrogens with one attached hydrogen (secondary N) is 1. The lowest BCUT2D eigenvalue weighted by Crippen LogP contribution is -2.53. The summed E-state index contributed by atoms with van der Waals surface area (Å²) in [7, 11) is 5.84. The van der Waals surface area contributed by atoms with Gasteiger partial charge in [-0.2, -0.15) is 0 Å². The van der Waals surface area contributed by atoms with Gasteiger partial charge in [-0.3, -0.25) is 4.99 Å². The van der Waals surface area contributed by atoms with Crippen molar-refractivity contribution in [1.82, 2.24) is 20.0 Å². The maximum Gasteiger partial charge on any atom is 0.193 e. The third-order valence-electron chi connectivity index (χ3n) is 5.74. The van der Waals surface area contributed by atoms with Crippen LogP contribution in [0.25, 0.3) is 0 Å². The summed E-state index contributed by atoms with van der Waals surface area (Å²) in [5.41, 5.74) is 1.18. The highest BCUT2D eigenvalue weighted by Crippen LogP contribution is 2.28. The Morgan fingerprint density at radius 3 is 2.52 bits per heavy atom. The Morgan fingerprint density at radius 2 is 1.79 bits per heavy atom. The molecule has 0 amide bonds. The van der Waals surface area contributed by atoms with Crippen LogP contribution in [0.5, 0.6) is 5.75 Å². The maximum atomic E-state index is 5.52. The first-order chi connectivity index (χ1) is 13.7. The summed E-state index contributed by atoms with van der Waals surface area (Å²) < 4.78 is 5.52. The summed E-state index contributed by atoms with van der Waals surface area (Å²) in [6.45, 7) is 10.6. The molecule has 8 heteroatoms. The average molecular weight is 516 g/mol. The van der Waals surface area contributed by atoms with Crippen LogP contribution in [0, 0.1) is 0 Å². The Morgan fingerprint density at radius 1 is 1.03 bits per heavy atom. The Kier molecular flexibility index (Phi) is 10.3. The molecule has 7 nitrogen and oxygen atoms in total. The smallest absolute Gasteiger partial charge is 0.193 e. The minimum atomic E-state index is 0. The largest absolute Gasteiger partial charge is 0.495 e. The molecule has 1 aromatic carbocycles. The number of piperazine rings is 1. The molecule has 2 heterocycles. The molecule has 29 heavy (non-hydrogen) atoms. The molecule has 0 aromatic heterocycles. The van der Waals surface area contributed by atoms with Gasteiger partial charge in [-0.25, -0.2) is 0 Å². The Balaban J connectivity index is 0.00000300. The number of rotatable bonds is 5. The normalized spacial score (nSPS) is 19.5. The Bertz CT molecular complexity index is 635. The number of hydrogen-bond acceptors (Lipinski definition) is 5. The molecule has 0 saturated carbocycles. The van der Waals surface area contributed by atoms with Crippen molar-refractivity contribution < 1.29 is 4.74 Å².